The van der Waals surface area contributed by atoms with Gasteiger partial charge in [-0.25, -0.2) is 4.79 Å². The molecule has 0 bridgehead atoms. The van der Waals surface area contributed by atoms with Gasteiger partial charge in [0.25, 0.3) is 5.56 Å². The molecule has 1 aromatic rings. The molecule has 1 unspecified atom stereocenters. The number of rotatable bonds is 6. The number of aromatic nitrogens is 2. The topological polar surface area (TPSA) is 76.3 Å². The first-order valence-corrected chi connectivity index (χ1v) is 7.36. The van der Waals surface area contributed by atoms with Crippen molar-refractivity contribution in [2.24, 2.45) is 14.1 Å². The van der Waals surface area contributed by atoms with Gasteiger partial charge < -0.3 is 10.4 Å². The summed E-state index contributed by atoms with van der Waals surface area (Å²) in [5, 5.41) is 13.1. The summed E-state index contributed by atoms with van der Waals surface area (Å²) in [6, 6.07) is 1.43. The Balaban J connectivity index is 2.75. The van der Waals surface area contributed by atoms with Gasteiger partial charge in [-0.15, -0.1) is 0 Å². The van der Waals surface area contributed by atoms with Crippen molar-refractivity contribution < 1.29 is 5.11 Å². The van der Waals surface area contributed by atoms with E-state index in [9.17, 15) is 14.7 Å². The fourth-order valence-electron chi connectivity index (χ4n) is 1.77. The summed E-state index contributed by atoms with van der Waals surface area (Å²) in [5.74, 6) is 0.621. The normalized spacial score (nSPS) is 14.4. The van der Waals surface area contributed by atoms with E-state index in [2.05, 4.69) is 5.32 Å². The second kappa shape index (κ2) is 6.40. The molecule has 6 nitrogen and oxygen atoms in total. The lowest BCUT2D eigenvalue weighted by atomic mass is 10.1. The van der Waals surface area contributed by atoms with Crippen LogP contribution >= 0.6 is 11.8 Å². The second-order valence-electron chi connectivity index (χ2n) is 4.91. The molecule has 1 rings (SSSR count). The molecule has 108 valence electrons. The van der Waals surface area contributed by atoms with Crippen LogP contribution in [0.4, 0.5) is 0 Å². The standard InChI is InChI=1S/C12H21N3O3S/c1-12(18,8-19-4)7-13-6-9-5-10(16)15(3)11(17)14(9)2/h5,13,18H,6-8H2,1-4H3. The summed E-state index contributed by atoms with van der Waals surface area (Å²) in [5.41, 5.74) is -0.873. The van der Waals surface area contributed by atoms with Crippen LogP contribution in [0.3, 0.4) is 0 Å². The lowest BCUT2D eigenvalue weighted by molar-refractivity contribution is 0.0844. The van der Waals surface area contributed by atoms with E-state index in [1.165, 1.54) is 17.7 Å². The SMILES string of the molecule is CSCC(C)(O)CNCc1cc(=O)n(C)c(=O)n1C. The first-order valence-electron chi connectivity index (χ1n) is 5.96. The van der Waals surface area contributed by atoms with Crippen molar-refractivity contribution in [3.8, 4) is 0 Å². The average molecular weight is 287 g/mol. The minimum atomic E-state index is -0.808. The fourth-order valence-corrected chi connectivity index (χ4v) is 2.49. The highest BCUT2D eigenvalue weighted by Gasteiger charge is 2.19. The fraction of sp³-hybridized carbons (Fsp3) is 0.667. The molecule has 0 saturated carbocycles. The van der Waals surface area contributed by atoms with Crippen molar-refractivity contribution in [2.75, 3.05) is 18.6 Å². The highest BCUT2D eigenvalue weighted by atomic mass is 32.2. The quantitative estimate of drug-likeness (QED) is 0.723. The van der Waals surface area contributed by atoms with Crippen LogP contribution < -0.4 is 16.6 Å². The Morgan fingerprint density at radius 1 is 1.37 bits per heavy atom. The number of hydrogen-bond acceptors (Lipinski definition) is 5. The number of nitrogens with zero attached hydrogens (tertiary/aromatic N) is 2. The number of aliphatic hydroxyl groups is 1. The van der Waals surface area contributed by atoms with Crippen molar-refractivity contribution >= 4 is 11.8 Å². The van der Waals surface area contributed by atoms with E-state index < -0.39 is 5.60 Å². The van der Waals surface area contributed by atoms with Crippen LogP contribution in [-0.4, -0.2) is 38.4 Å². The molecule has 2 N–H and O–H groups in total. The van der Waals surface area contributed by atoms with E-state index in [1.807, 2.05) is 6.26 Å². The van der Waals surface area contributed by atoms with Gasteiger partial charge in [0.1, 0.15) is 0 Å². The molecule has 0 amide bonds. The maximum atomic E-state index is 11.7. The predicted molar refractivity (Wildman–Crippen MR) is 77.6 cm³/mol. The molecule has 0 aromatic carbocycles. The monoisotopic (exact) mass is 287 g/mol. The molecule has 7 heteroatoms. The average Bonchev–Trinajstić information content (AvgIpc) is 2.32. The maximum Gasteiger partial charge on any atom is 0.330 e. The third-order valence-corrected chi connectivity index (χ3v) is 3.80. The molecule has 1 aromatic heterocycles. The van der Waals surface area contributed by atoms with E-state index in [4.69, 9.17) is 0 Å². The number of nitrogens with one attached hydrogen (secondary N) is 1. The molecule has 1 atom stereocenters. The summed E-state index contributed by atoms with van der Waals surface area (Å²) in [4.78, 5) is 23.3. The van der Waals surface area contributed by atoms with Crippen molar-refractivity contribution in [3.63, 3.8) is 0 Å². The Morgan fingerprint density at radius 2 is 2.00 bits per heavy atom. The van der Waals surface area contributed by atoms with E-state index in [1.54, 1.807) is 25.7 Å². The minimum Gasteiger partial charge on any atom is -0.388 e. The minimum absolute atomic E-state index is 0.323. The van der Waals surface area contributed by atoms with Crippen molar-refractivity contribution in [1.29, 1.82) is 0 Å². The molecule has 19 heavy (non-hydrogen) atoms. The molecule has 1 heterocycles. The molecule has 0 fully saturated rings. The van der Waals surface area contributed by atoms with Crippen molar-refractivity contribution in [3.05, 3.63) is 32.6 Å². The van der Waals surface area contributed by atoms with Crippen LogP contribution in [0.1, 0.15) is 12.6 Å². The van der Waals surface area contributed by atoms with Gasteiger partial charge in [-0.1, -0.05) is 0 Å². The van der Waals surface area contributed by atoms with Crippen LogP contribution in [0.2, 0.25) is 0 Å². The van der Waals surface area contributed by atoms with Crippen LogP contribution in [0, 0.1) is 0 Å². The van der Waals surface area contributed by atoms with Gasteiger partial charge in [0.05, 0.1) is 5.60 Å². The molecular formula is C12H21N3O3S. The molecule has 0 aliphatic heterocycles. The highest BCUT2D eigenvalue weighted by molar-refractivity contribution is 7.98. The largest absolute Gasteiger partial charge is 0.388 e. The van der Waals surface area contributed by atoms with Gasteiger partial charge in [-0.2, -0.15) is 11.8 Å². The maximum absolute atomic E-state index is 11.7. The zero-order valence-corrected chi connectivity index (χ0v) is 12.6. The first kappa shape index (κ1) is 16.0. The van der Waals surface area contributed by atoms with Gasteiger partial charge in [0.2, 0.25) is 0 Å². The molecule has 0 aliphatic rings. The Kier molecular flexibility index (Phi) is 5.39. The summed E-state index contributed by atoms with van der Waals surface area (Å²) in [7, 11) is 3.07. The molecular weight excluding hydrogens is 266 g/mol. The Bertz CT molecular complexity index is 548. The summed E-state index contributed by atoms with van der Waals surface area (Å²) >= 11 is 1.57. The number of hydrogen-bond donors (Lipinski definition) is 2. The van der Waals surface area contributed by atoms with E-state index in [0.29, 0.717) is 24.5 Å². The summed E-state index contributed by atoms with van der Waals surface area (Å²) in [6.07, 6.45) is 1.93. The van der Waals surface area contributed by atoms with Gasteiger partial charge >= 0.3 is 5.69 Å². The highest BCUT2D eigenvalue weighted by Crippen LogP contribution is 2.09. The Morgan fingerprint density at radius 3 is 2.58 bits per heavy atom. The molecule has 0 aliphatic carbocycles. The third kappa shape index (κ3) is 4.22. The smallest absolute Gasteiger partial charge is 0.330 e. The third-order valence-electron chi connectivity index (χ3n) is 2.89. The zero-order valence-electron chi connectivity index (χ0n) is 11.8. The Labute approximate surface area is 116 Å². The van der Waals surface area contributed by atoms with E-state index >= 15 is 0 Å². The van der Waals surface area contributed by atoms with Crippen molar-refractivity contribution in [2.45, 2.75) is 19.1 Å². The van der Waals surface area contributed by atoms with Gasteiger partial charge in [-0.3, -0.25) is 13.9 Å². The lowest BCUT2D eigenvalue weighted by Crippen LogP contribution is -2.42. The Hall–Kier alpha value is -1.05. The second-order valence-corrected chi connectivity index (χ2v) is 5.77. The lowest BCUT2D eigenvalue weighted by Gasteiger charge is -2.22. The van der Waals surface area contributed by atoms with Gasteiger partial charge in [0, 0.05) is 44.7 Å². The van der Waals surface area contributed by atoms with Crippen LogP contribution in [-0.2, 0) is 20.6 Å². The van der Waals surface area contributed by atoms with E-state index in [0.717, 1.165) is 4.57 Å². The van der Waals surface area contributed by atoms with Gasteiger partial charge in [-0.05, 0) is 13.2 Å². The summed E-state index contributed by atoms with van der Waals surface area (Å²) < 4.78 is 2.49. The zero-order chi connectivity index (χ0) is 14.6. The molecule has 0 spiro atoms. The first-order chi connectivity index (χ1) is 8.78. The van der Waals surface area contributed by atoms with E-state index in [-0.39, 0.29) is 11.2 Å². The summed E-state index contributed by atoms with van der Waals surface area (Å²) in [6.45, 7) is 2.52. The predicted octanol–water partition coefficient (Wildman–Crippen LogP) is -0.712. The number of thioether (sulfide) groups is 1. The van der Waals surface area contributed by atoms with Crippen LogP contribution in [0.25, 0.3) is 0 Å². The molecule has 0 radical (unpaired) electrons. The van der Waals surface area contributed by atoms with Crippen molar-refractivity contribution in [1.82, 2.24) is 14.5 Å². The van der Waals surface area contributed by atoms with Crippen LogP contribution in [0.5, 0.6) is 0 Å². The van der Waals surface area contributed by atoms with Crippen LogP contribution in [0.15, 0.2) is 15.7 Å². The van der Waals surface area contributed by atoms with Gasteiger partial charge in [0.15, 0.2) is 0 Å². The molecule has 0 saturated heterocycles.